The van der Waals surface area contributed by atoms with E-state index in [2.05, 4.69) is 15.5 Å². The quantitative estimate of drug-likeness (QED) is 0.473. The maximum atomic E-state index is 12.3. The first-order chi connectivity index (χ1) is 12.3. The van der Waals surface area contributed by atoms with E-state index in [0.717, 1.165) is 11.3 Å². The molecule has 26 heavy (non-hydrogen) atoms. The summed E-state index contributed by atoms with van der Waals surface area (Å²) in [5, 5.41) is 3.98. The van der Waals surface area contributed by atoms with Gasteiger partial charge in [0.2, 0.25) is 0 Å². The first-order valence-electron chi connectivity index (χ1n) is 8.32. The fourth-order valence-electron chi connectivity index (χ4n) is 2.57. The molecule has 7 nitrogen and oxygen atoms in total. The lowest BCUT2D eigenvalue weighted by atomic mass is 10.1. The molecule has 1 aromatic carbocycles. The highest BCUT2D eigenvalue weighted by atomic mass is 16.5. The van der Waals surface area contributed by atoms with Gasteiger partial charge < -0.3 is 14.6 Å². The minimum Gasteiger partial charge on any atom is -0.462 e. The number of aromatic nitrogens is 1. The van der Waals surface area contributed by atoms with Gasteiger partial charge in [-0.3, -0.25) is 4.79 Å². The Morgan fingerprint density at radius 1 is 1.23 bits per heavy atom. The van der Waals surface area contributed by atoms with Crippen molar-refractivity contribution in [2.24, 2.45) is 5.10 Å². The number of esters is 1. The molecule has 1 amide bonds. The number of aromatic amines is 1. The molecule has 0 saturated heterocycles. The van der Waals surface area contributed by atoms with Crippen LogP contribution in [0.1, 0.15) is 44.6 Å². The maximum Gasteiger partial charge on any atom is 0.340 e. The summed E-state index contributed by atoms with van der Waals surface area (Å²) in [5.41, 5.74) is 6.24. The third-order valence-electron chi connectivity index (χ3n) is 3.93. The fraction of sp³-hybridized carbons (Fsp3) is 0.316. The number of benzene rings is 1. The van der Waals surface area contributed by atoms with Crippen molar-refractivity contribution < 1.29 is 14.3 Å². The number of nitrogens with zero attached hydrogens (tertiary/aromatic N) is 2. The van der Waals surface area contributed by atoms with E-state index in [1.807, 2.05) is 43.3 Å². The van der Waals surface area contributed by atoms with Gasteiger partial charge in [0.1, 0.15) is 5.69 Å². The Bertz CT molecular complexity index is 820. The molecule has 1 heterocycles. The number of carbonyl (C=O) groups excluding carboxylic acids is 2. The highest BCUT2D eigenvalue weighted by Gasteiger charge is 2.22. The molecule has 0 unspecified atom stereocenters. The second-order valence-electron chi connectivity index (χ2n) is 6.03. The van der Waals surface area contributed by atoms with Gasteiger partial charge in [-0.15, -0.1) is 0 Å². The highest BCUT2D eigenvalue weighted by Crippen LogP contribution is 2.19. The summed E-state index contributed by atoms with van der Waals surface area (Å²) in [7, 11) is 3.93. The van der Waals surface area contributed by atoms with E-state index >= 15 is 0 Å². The normalized spacial score (nSPS) is 10.8. The van der Waals surface area contributed by atoms with Crippen molar-refractivity contribution in [3.05, 3.63) is 52.3 Å². The lowest BCUT2D eigenvalue weighted by molar-refractivity contribution is 0.0525. The van der Waals surface area contributed by atoms with Crippen molar-refractivity contribution >= 4 is 23.8 Å². The zero-order chi connectivity index (χ0) is 19.3. The van der Waals surface area contributed by atoms with Crippen molar-refractivity contribution in [3.8, 4) is 0 Å². The molecule has 2 aromatic rings. The fourth-order valence-corrected chi connectivity index (χ4v) is 2.57. The number of rotatable bonds is 6. The number of anilines is 1. The van der Waals surface area contributed by atoms with Crippen LogP contribution in [0.3, 0.4) is 0 Å². The molecule has 2 N–H and O–H groups in total. The third kappa shape index (κ3) is 4.30. The van der Waals surface area contributed by atoms with Crippen molar-refractivity contribution in [2.75, 3.05) is 25.6 Å². The smallest absolute Gasteiger partial charge is 0.340 e. The number of hydrazone groups is 1. The lowest BCUT2D eigenvalue weighted by Gasteiger charge is -2.11. The zero-order valence-electron chi connectivity index (χ0n) is 15.7. The van der Waals surface area contributed by atoms with Crippen molar-refractivity contribution in [3.63, 3.8) is 0 Å². The molecule has 0 bridgehead atoms. The minimum absolute atomic E-state index is 0.279. The van der Waals surface area contributed by atoms with E-state index < -0.39 is 11.9 Å². The van der Waals surface area contributed by atoms with E-state index in [9.17, 15) is 9.59 Å². The molecular formula is C19H24N4O3. The van der Waals surface area contributed by atoms with Gasteiger partial charge in [0.05, 0.1) is 18.4 Å². The van der Waals surface area contributed by atoms with E-state index in [-0.39, 0.29) is 6.61 Å². The van der Waals surface area contributed by atoms with E-state index in [0.29, 0.717) is 22.5 Å². The average Bonchev–Trinajstić information content (AvgIpc) is 2.90. The summed E-state index contributed by atoms with van der Waals surface area (Å²) in [6.07, 6.45) is 1.56. The summed E-state index contributed by atoms with van der Waals surface area (Å²) in [6, 6.07) is 7.75. The number of amides is 1. The molecule has 0 fully saturated rings. The van der Waals surface area contributed by atoms with Crippen molar-refractivity contribution in [1.82, 2.24) is 10.4 Å². The molecule has 0 saturated carbocycles. The van der Waals surface area contributed by atoms with Gasteiger partial charge in [0.15, 0.2) is 0 Å². The van der Waals surface area contributed by atoms with E-state index in [4.69, 9.17) is 4.74 Å². The maximum absolute atomic E-state index is 12.3. The Balaban J connectivity index is 2.08. The molecule has 0 aliphatic heterocycles. The third-order valence-corrected chi connectivity index (χ3v) is 3.93. The van der Waals surface area contributed by atoms with Crippen LogP contribution in [0.5, 0.6) is 0 Å². The first kappa shape index (κ1) is 19.2. The first-order valence-corrected chi connectivity index (χ1v) is 8.32. The summed E-state index contributed by atoms with van der Waals surface area (Å²) in [4.78, 5) is 29.2. The Hall–Kier alpha value is -3.09. The van der Waals surface area contributed by atoms with Crippen molar-refractivity contribution in [1.29, 1.82) is 0 Å². The molecule has 0 radical (unpaired) electrons. The summed E-state index contributed by atoms with van der Waals surface area (Å²) in [6.45, 7) is 5.45. The van der Waals surface area contributed by atoms with Crippen LogP contribution in [0.15, 0.2) is 29.4 Å². The number of aryl methyl sites for hydroxylation is 1. The molecule has 7 heteroatoms. The second kappa shape index (κ2) is 8.33. The van der Waals surface area contributed by atoms with Gasteiger partial charge in [0, 0.05) is 25.5 Å². The van der Waals surface area contributed by atoms with Crippen LogP contribution >= 0.6 is 0 Å². The van der Waals surface area contributed by atoms with Crippen LogP contribution in [-0.4, -0.2) is 43.8 Å². The predicted molar refractivity (Wildman–Crippen MR) is 102 cm³/mol. The number of carbonyl (C=O) groups is 2. The number of ether oxygens (including phenoxy) is 1. The van der Waals surface area contributed by atoms with Crippen LogP contribution in [0.4, 0.5) is 5.69 Å². The summed E-state index contributed by atoms with van der Waals surface area (Å²) < 4.78 is 5.02. The van der Waals surface area contributed by atoms with E-state index in [1.54, 1.807) is 27.0 Å². The van der Waals surface area contributed by atoms with Gasteiger partial charge in [-0.1, -0.05) is 12.1 Å². The van der Waals surface area contributed by atoms with Crippen LogP contribution in [0.2, 0.25) is 0 Å². The lowest BCUT2D eigenvalue weighted by Crippen LogP contribution is -2.19. The molecule has 138 valence electrons. The monoisotopic (exact) mass is 356 g/mol. The second-order valence-corrected chi connectivity index (χ2v) is 6.03. The number of hydrogen-bond donors (Lipinski definition) is 2. The molecule has 0 aliphatic rings. The number of nitrogens with one attached hydrogen (secondary N) is 2. The van der Waals surface area contributed by atoms with Gasteiger partial charge in [-0.05, 0) is 44.0 Å². The molecule has 2 rings (SSSR count). The molecule has 0 atom stereocenters. The van der Waals surface area contributed by atoms with Crippen molar-refractivity contribution in [2.45, 2.75) is 20.8 Å². The largest absolute Gasteiger partial charge is 0.462 e. The Morgan fingerprint density at radius 2 is 1.88 bits per heavy atom. The van der Waals surface area contributed by atoms with E-state index in [1.165, 1.54) is 0 Å². The Kier molecular flexibility index (Phi) is 6.16. The number of H-pyrrole nitrogens is 1. The van der Waals surface area contributed by atoms with Crippen LogP contribution in [0, 0.1) is 13.8 Å². The average molecular weight is 356 g/mol. The standard InChI is InChI=1S/C19H24N4O3/c1-6-26-19(25)16-12(2)17(21-13(16)3)18(24)22-20-11-14-7-9-15(10-8-14)23(4)5/h7-11,21H,6H2,1-5H3,(H,22,24)/b20-11+. The van der Waals surface area contributed by atoms with Crippen LogP contribution in [-0.2, 0) is 4.74 Å². The minimum atomic E-state index is -0.442. The highest BCUT2D eigenvalue weighted by molar-refractivity contribution is 6.00. The molecular weight excluding hydrogens is 332 g/mol. The van der Waals surface area contributed by atoms with Gasteiger partial charge in [-0.2, -0.15) is 5.10 Å². The predicted octanol–water partition coefficient (Wildman–Crippen LogP) is 2.64. The summed E-state index contributed by atoms with van der Waals surface area (Å²) in [5.74, 6) is -0.857. The molecule has 0 spiro atoms. The zero-order valence-corrected chi connectivity index (χ0v) is 15.7. The topological polar surface area (TPSA) is 86.8 Å². The Morgan fingerprint density at radius 3 is 2.46 bits per heavy atom. The van der Waals surface area contributed by atoms with Crippen LogP contribution in [0.25, 0.3) is 0 Å². The van der Waals surface area contributed by atoms with Gasteiger partial charge in [0.25, 0.3) is 5.91 Å². The molecule has 0 aliphatic carbocycles. The summed E-state index contributed by atoms with van der Waals surface area (Å²) >= 11 is 0. The molecule has 1 aromatic heterocycles. The number of hydrogen-bond acceptors (Lipinski definition) is 5. The van der Waals surface area contributed by atoms with Crippen LogP contribution < -0.4 is 10.3 Å². The Labute approximate surface area is 153 Å². The van der Waals surface area contributed by atoms with Gasteiger partial charge >= 0.3 is 5.97 Å². The van der Waals surface area contributed by atoms with Gasteiger partial charge in [-0.25, -0.2) is 10.2 Å². The SMILES string of the molecule is CCOC(=O)c1c(C)[nH]c(C(=O)N/N=C/c2ccc(N(C)C)cc2)c1C.